The highest BCUT2D eigenvalue weighted by Gasteiger charge is 2.24. The molecule has 0 spiro atoms. The molecule has 3 heteroatoms. The Hall–Kier alpha value is -0.753. The fraction of sp³-hybridized carbons (Fsp3) is 0.727. The van der Waals surface area contributed by atoms with Crippen LogP contribution >= 0.6 is 0 Å². The van der Waals surface area contributed by atoms with E-state index in [1.165, 1.54) is 0 Å². The first-order chi connectivity index (χ1) is 6.64. The molecule has 0 aliphatic rings. The van der Waals surface area contributed by atoms with Gasteiger partial charge < -0.3 is 4.74 Å². The lowest BCUT2D eigenvalue weighted by molar-refractivity contribution is -0.136. The number of hydrogen-bond donors (Lipinski definition) is 0. The molecule has 0 N–H and O–H groups in total. The third-order valence-electron chi connectivity index (χ3n) is 2.74. The molecule has 0 aliphatic carbocycles. The van der Waals surface area contributed by atoms with Gasteiger partial charge in [0.1, 0.15) is 8.07 Å². The third kappa shape index (κ3) is 3.97. The maximum atomic E-state index is 11.1. The van der Waals surface area contributed by atoms with Gasteiger partial charge in [-0.15, -0.1) is 5.54 Å². The molecule has 14 heavy (non-hydrogen) atoms. The molecule has 0 atom stereocenters. The van der Waals surface area contributed by atoms with Crippen molar-refractivity contribution in [1.82, 2.24) is 0 Å². The molecule has 0 unspecified atom stereocenters. The van der Waals surface area contributed by atoms with E-state index >= 15 is 0 Å². The van der Waals surface area contributed by atoms with Crippen LogP contribution in [0.25, 0.3) is 0 Å². The first-order valence-electron chi connectivity index (χ1n) is 5.34. The minimum atomic E-state index is -1.47. The van der Waals surface area contributed by atoms with Crippen molar-refractivity contribution >= 4 is 14.0 Å². The van der Waals surface area contributed by atoms with Crippen LogP contribution in [0.2, 0.25) is 18.1 Å². The van der Waals surface area contributed by atoms with E-state index in [0.29, 0.717) is 6.61 Å². The van der Waals surface area contributed by atoms with Gasteiger partial charge in [0.25, 0.3) is 0 Å². The molecule has 0 rings (SSSR count). The summed E-state index contributed by atoms with van der Waals surface area (Å²) in [6.45, 7) is 8.70. The van der Waals surface area contributed by atoms with Crippen LogP contribution in [0.4, 0.5) is 0 Å². The van der Waals surface area contributed by atoms with E-state index < -0.39 is 8.07 Å². The Morgan fingerprint density at radius 2 is 1.64 bits per heavy atom. The SMILES string of the molecule is CCOC(=O)C#C[Si](CC)(CC)CC. The zero-order chi connectivity index (χ0) is 11.0. The normalized spacial score (nSPS) is 10.3. The smallest absolute Gasteiger partial charge is 0.383 e. The number of rotatable bonds is 4. The lowest BCUT2D eigenvalue weighted by atomic mass is 10.7. The lowest BCUT2D eigenvalue weighted by Gasteiger charge is -2.19. The Balaban J connectivity index is 4.48. The van der Waals surface area contributed by atoms with Crippen LogP contribution in [0.15, 0.2) is 0 Å². The fourth-order valence-electron chi connectivity index (χ4n) is 1.37. The maximum Gasteiger partial charge on any atom is 0.383 e. The quantitative estimate of drug-likeness (QED) is 0.407. The van der Waals surface area contributed by atoms with Crippen molar-refractivity contribution < 1.29 is 9.53 Å². The summed E-state index contributed by atoms with van der Waals surface area (Å²) < 4.78 is 4.78. The molecule has 0 saturated heterocycles. The summed E-state index contributed by atoms with van der Waals surface area (Å²) in [6, 6.07) is 3.35. The Bertz CT molecular complexity index is 225. The average Bonchev–Trinajstić information content (AvgIpc) is 2.21. The van der Waals surface area contributed by atoms with Gasteiger partial charge >= 0.3 is 5.97 Å². The van der Waals surface area contributed by atoms with Crippen LogP contribution in [0.3, 0.4) is 0 Å². The lowest BCUT2D eigenvalue weighted by Crippen LogP contribution is -2.29. The molecule has 80 valence electrons. The molecular formula is C11H20O2Si. The molecule has 0 aromatic rings. The van der Waals surface area contributed by atoms with Gasteiger partial charge in [-0.05, 0) is 25.1 Å². The van der Waals surface area contributed by atoms with Gasteiger partial charge in [-0.3, -0.25) is 0 Å². The highest BCUT2D eigenvalue weighted by Crippen LogP contribution is 2.18. The predicted molar refractivity (Wildman–Crippen MR) is 61.6 cm³/mol. The molecule has 0 saturated carbocycles. The van der Waals surface area contributed by atoms with Crippen molar-refractivity contribution in [3.63, 3.8) is 0 Å². The van der Waals surface area contributed by atoms with E-state index in [0.717, 1.165) is 18.1 Å². The van der Waals surface area contributed by atoms with Gasteiger partial charge in [-0.25, -0.2) is 4.79 Å². The molecule has 0 aromatic heterocycles. The molecule has 0 aromatic carbocycles. The molecule has 0 amide bonds. The summed E-state index contributed by atoms with van der Waals surface area (Å²) >= 11 is 0. The summed E-state index contributed by atoms with van der Waals surface area (Å²) in [6.07, 6.45) is 0. The van der Waals surface area contributed by atoms with Crippen LogP contribution in [-0.2, 0) is 9.53 Å². The van der Waals surface area contributed by atoms with Crippen molar-refractivity contribution in [2.45, 2.75) is 45.8 Å². The van der Waals surface area contributed by atoms with Crippen molar-refractivity contribution in [3.05, 3.63) is 0 Å². The van der Waals surface area contributed by atoms with Crippen LogP contribution < -0.4 is 0 Å². The first-order valence-corrected chi connectivity index (χ1v) is 7.96. The molecule has 0 heterocycles. The highest BCUT2D eigenvalue weighted by atomic mass is 28.3. The van der Waals surface area contributed by atoms with E-state index in [2.05, 4.69) is 32.2 Å². The Morgan fingerprint density at radius 1 is 1.14 bits per heavy atom. The highest BCUT2D eigenvalue weighted by molar-refractivity contribution is 6.87. The third-order valence-corrected chi connectivity index (χ3v) is 7.45. The molecule has 0 radical (unpaired) electrons. The second-order valence-electron chi connectivity index (χ2n) is 3.31. The summed E-state index contributed by atoms with van der Waals surface area (Å²) in [7, 11) is -1.47. The number of hydrogen-bond acceptors (Lipinski definition) is 2. The van der Waals surface area contributed by atoms with Crippen molar-refractivity contribution in [3.8, 4) is 11.5 Å². The second kappa shape index (κ2) is 6.66. The van der Waals surface area contributed by atoms with Gasteiger partial charge in [0.15, 0.2) is 0 Å². The first kappa shape index (κ1) is 13.2. The van der Waals surface area contributed by atoms with Crippen molar-refractivity contribution in [2.24, 2.45) is 0 Å². The molecular weight excluding hydrogens is 192 g/mol. The van der Waals surface area contributed by atoms with E-state index in [-0.39, 0.29) is 5.97 Å². The standard InChI is InChI=1S/C11H20O2Si/c1-5-13-11(12)9-10-14(6-2,7-3)8-4/h5-8H2,1-4H3. The topological polar surface area (TPSA) is 26.3 Å². The van der Waals surface area contributed by atoms with Crippen LogP contribution in [0.1, 0.15) is 27.7 Å². The van der Waals surface area contributed by atoms with Gasteiger partial charge in [-0.1, -0.05) is 20.8 Å². The summed E-state index contributed by atoms with van der Waals surface area (Å²) in [5, 5.41) is 0. The predicted octanol–water partition coefficient (Wildman–Crippen LogP) is 2.60. The summed E-state index contributed by atoms with van der Waals surface area (Å²) in [5.74, 6) is 2.25. The largest absolute Gasteiger partial charge is 0.456 e. The van der Waals surface area contributed by atoms with Crippen LogP contribution in [-0.4, -0.2) is 20.7 Å². The maximum absolute atomic E-state index is 11.1. The Morgan fingerprint density at radius 3 is 2.00 bits per heavy atom. The minimum absolute atomic E-state index is 0.375. The van der Waals surface area contributed by atoms with Crippen LogP contribution in [0.5, 0.6) is 0 Å². The average molecular weight is 212 g/mol. The fourth-order valence-corrected chi connectivity index (χ4v) is 3.76. The van der Waals surface area contributed by atoms with Crippen molar-refractivity contribution in [2.75, 3.05) is 6.61 Å². The molecule has 0 fully saturated rings. The number of carbonyl (C=O) groups excluding carboxylic acids is 1. The zero-order valence-electron chi connectivity index (χ0n) is 9.64. The summed E-state index contributed by atoms with van der Waals surface area (Å²) in [5.41, 5.74) is 3.18. The monoisotopic (exact) mass is 212 g/mol. The van der Waals surface area contributed by atoms with E-state index in [1.807, 2.05) is 0 Å². The molecule has 0 aliphatic heterocycles. The number of carbonyl (C=O) groups is 1. The minimum Gasteiger partial charge on any atom is -0.456 e. The van der Waals surface area contributed by atoms with Crippen molar-refractivity contribution in [1.29, 1.82) is 0 Å². The number of ether oxygens (including phenoxy) is 1. The Labute approximate surface area is 88.0 Å². The van der Waals surface area contributed by atoms with E-state index in [9.17, 15) is 4.79 Å². The van der Waals surface area contributed by atoms with Gasteiger partial charge in [-0.2, -0.15) is 0 Å². The van der Waals surface area contributed by atoms with E-state index in [1.54, 1.807) is 6.92 Å². The second-order valence-corrected chi connectivity index (χ2v) is 8.24. The van der Waals surface area contributed by atoms with Gasteiger partial charge in [0.2, 0.25) is 0 Å². The van der Waals surface area contributed by atoms with Gasteiger partial charge in [0.05, 0.1) is 6.61 Å². The Kier molecular flexibility index (Phi) is 6.31. The molecule has 2 nitrogen and oxygen atoms in total. The molecule has 0 bridgehead atoms. The van der Waals surface area contributed by atoms with Gasteiger partial charge in [0, 0.05) is 5.92 Å². The zero-order valence-corrected chi connectivity index (χ0v) is 10.6. The summed E-state index contributed by atoms with van der Waals surface area (Å²) in [4.78, 5) is 11.1. The van der Waals surface area contributed by atoms with Crippen LogP contribution in [0, 0.1) is 11.5 Å². The number of esters is 1. The van der Waals surface area contributed by atoms with E-state index in [4.69, 9.17) is 4.74 Å².